The Labute approximate surface area is 138 Å². The highest BCUT2D eigenvalue weighted by molar-refractivity contribution is 5.93. The van der Waals surface area contributed by atoms with Gasteiger partial charge in [-0.15, -0.1) is 0 Å². The molecule has 1 amide bonds. The van der Waals surface area contributed by atoms with Crippen molar-refractivity contribution in [2.45, 2.75) is 0 Å². The molecule has 1 heterocycles. The average Bonchev–Trinajstić information content (AvgIpc) is 3.11. The second-order valence-electron chi connectivity index (χ2n) is 4.93. The minimum atomic E-state index is -0.366. The van der Waals surface area contributed by atoms with Gasteiger partial charge in [0, 0.05) is 17.2 Å². The van der Waals surface area contributed by atoms with E-state index in [9.17, 15) is 9.18 Å². The Kier molecular flexibility index (Phi) is 4.68. The van der Waals surface area contributed by atoms with Crippen molar-refractivity contribution in [1.82, 2.24) is 10.5 Å². The summed E-state index contributed by atoms with van der Waals surface area (Å²) in [5, 5.41) is 6.40. The van der Waals surface area contributed by atoms with Crippen molar-refractivity contribution in [3.63, 3.8) is 0 Å². The maximum atomic E-state index is 12.8. The van der Waals surface area contributed by atoms with E-state index in [1.54, 1.807) is 18.2 Å². The Morgan fingerprint density at radius 2 is 1.88 bits per heavy atom. The van der Waals surface area contributed by atoms with Crippen molar-refractivity contribution in [3.8, 4) is 23.2 Å². The number of carbonyl (C=O) groups excluding carboxylic acids is 1. The van der Waals surface area contributed by atoms with Crippen molar-refractivity contribution >= 4 is 5.91 Å². The van der Waals surface area contributed by atoms with Gasteiger partial charge < -0.3 is 9.84 Å². The number of nitrogens with zero attached hydrogens (tertiary/aromatic N) is 1. The fourth-order valence-electron chi connectivity index (χ4n) is 2.02. The van der Waals surface area contributed by atoms with Crippen LogP contribution in [0.4, 0.5) is 4.39 Å². The van der Waals surface area contributed by atoms with Crippen molar-refractivity contribution in [2.24, 2.45) is 0 Å². The summed E-state index contributed by atoms with van der Waals surface area (Å²) in [5.41, 5.74) is 1.72. The fraction of sp³-hybridized carbons (Fsp3) is 0.0526. The molecule has 5 heteroatoms. The number of hydrogen-bond donors (Lipinski definition) is 1. The number of nitrogens with one attached hydrogen (secondary N) is 1. The van der Waals surface area contributed by atoms with Gasteiger partial charge in [0.1, 0.15) is 5.82 Å². The summed E-state index contributed by atoms with van der Waals surface area (Å²) in [7, 11) is 0. The number of rotatable bonds is 3. The molecule has 0 bridgehead atoms. The molecule has 24 heavy (non-hydrogen) atoms. The molecular weight excluding hydrogens is 307 g/mol. The van der Waals surface area contributed by atoms with E-state index in [0.717, 1.165) is 5.56 Å². The Balaban J connectivity index is 1.58. The van der Waals surface area contributed by atoms with Gasteiger partial charge >= 0.3 is 0 Å². The van der Waals surface area contributed by atoms with Gasteiger partial charge in [0.15, 0.2) is 11.5 Å². The molecule has 0 fully saturated rings. The Hall–Kier alpha value is -3.39. The molecule has 0 atom stereocenters. The van der Waals surface area contributed by atoms with E-state index < -0.39 is 0 Å². The van der Waals surface area contributed by atoms with E-state index in [4.69, 9.17) is 4.52 Å². The Bertz CT molecular complexity index is 890. The highest BCUT2D eigenvalue weighted by Crippen LogP contribution is 2.19. The van der Waals surface area contributed by atoms with Gasteiger partial charge in [0.2, 0.25) is 0 Å². The molecule has 2 aromatic carbocycles. The van der Waals surface area contributed by atoms with Gasteiger partial charge in [-0.05, 0) is 24.3 Å². The second-order valence-corrected chi connectivity index (χ2v) is 4.93. The van der Waals surface area contributed by atoms with Crippen LogP contribution >= 0.6 is 0 Å². The average molecular weight is 320 g/mol. The van der Waals surface area contributed by atoms with Crippen LogP contribution in [0.2, 0.25) is 0 Å². The quantitative estimate of drug-likeness (QED) is 0.754. The van der Waals surface area contributed by atoms with Gasteiger partial charge in [0.25, 0.3) is 5.91 Å². The molecule has 0 spiro atoms. The van der Waals surface area contributed by atoms with E-state index in [-0.39, 0.29) is 24.0 Å². The van der Waals surface area contributed by atoms with Gasteiger partial charge in [-0.3, -0.25) is 4.79 Å². The highest BCUT2D eigenvalue weighted by Gasteiger charge is 2.12. The maximum Gasteiger partial charge on any atom is 0.274 e. The number of hydrogen-bond acceptors (Lipinski definition) is 3. The molecule has 0 unspecified atom stereocenters. The molecule has 0 radical (unpaired) electrons. The van der Waals surface area contributed by atoms with Crippen LogP contribution in [0.15, 0.2) is 65.2 Å². The number of benzene rings is 2. The first kappa shape index (κ1) is 15.5. The molecule has 1 N–H and O–H groups in total. The predicted molar refractivity (Wildman–Crippen MR) is 87.6 cm³/mol. The molecule has 0 aliphatic heterocycles. The monoisotopic (exact) mass is 320 g/mol. The van der Waals surface area contributed by atoms with E-state index >= 15 is 0 Å². The minimum absolute atomic E-state index is 0.156. The van der Waals surface area contributed by atoms with Crippen LogP contribution < -0.4 is 5.32 Å². The van der Waals surface area contributed by atoms with E-state index in [1.165, 1.54) is 12.1 Å². The van der Waals surface area contributed by atoms with Crippen LogP contribution in [0.25, 0.3) is 11.3 Å². The highest BCUT2D eigenvalue weighted by atomic mass is 19.1. The van der Waals surface area contributed by atoms with Crippen LogP contribution in [-0.2, 0) is 0 Å². The first-order valence-electron chi connectivity index (χ1n) is 7.27. The predicted octanol–water partition coefficient (Wildman–Crippen LogP) is 3.26. The molecule has 4 nitrogen and oxygen atoms in total. The SMILES string of the molecule is O=C(NCC#Cc1ccc(F)cc1)c1cc(-c2ccccc2)on1. The van der Waals surface area contributed by atoms with Crippen molar-refractivity contribution < 1.29 is 13.7 Å². The second kappa shape index (κ2) is 7.25. The first-order valence-corrected chi connectivity index (χ1v) is 7.27. The van der Waals surface area contributed by atoms with Gasteiger partial charge in [-0.25, -0.2) is 4.39 Å². The lowest BCUT2D eigenvalue weighted by atomic mass is 10.1. The summed E-state index contributed by atoms with van der Waals surface area (Å²) < 4.78 is 17.9. The fourth-order valence-corrected chi connectivity index (χ4v) is 2.02. The molecule has 1 aromatic heterocycles. The zero-order chi connectivity index (χ0) is 16.8. The lowest BCUT2D eigenvalue weighted by Crippen LogP contribution is -2.23. The third kappa shape index (κ3) is 3.87. The number of halogens is 1. The zero-order valence-corrected chi connectivity index (χ0v) is 12.6. The van der Waals surface area contributed by atoms with Crippen LogP contribution in [-0.4, -0.2) is 17.6 Å². The van der Waals surface area contributed by atoms with Crippen LogP contribution in [0, 0.1) is 17.7 Å². The zero-order valence-electron chi connectivity index (χ0n) is 12.6. The van der Waals surface area contributed by atoms with Crippen LogP contribution in [0.3, 0.4) is 0 Å². The topological polar surface area (TPSA) is 55.1 Å². The first-order chi connectivity index (χ1) is 11.7. The van der Waals surface area contributed by atoms with E-state index in [0.29, 0.717) is 11.3 Å². The standard InChI is InChI=1S/C19H13FN2O2/c20-16-10-8-14(9-11-16)5-4-12-21-19(23)17-13-18(24-22-17)15-6-2-1-3-7-15/h1-3,6-11,13H,12H2,(H,21,23). The third-order valence-electron chi connectivity index (χ3n) is 3.22. The molecule has 0 saturated carbocycles. The van der Waals surface area contributed by atoms with Gasteiger partial charge in [0.05, 0.1) is 6.54 Å². The molecular formula is C19H13FN2O2. The molecule has 0 aliphatic rings. The van der Waals surface area contributed by atoms with E-state index in [1.807, 2.05) is 30.3 Å². The van der Waals surface area contributed by atoms with Crippen molar-refractivity contribution in [2.75, 3.05) is 6.54 Å². The lowest BCUT2D eigenvalue weighted by Gasteiger charge is -1.95. The molecule has 118 valence electrons. The normalized spacial score (nSPS) is 9.88. The summed E-state index contributed by atoms with van der Waals surface area (Å²) in [4.78, 5) is 12.0. The van der Waals surface area contributed by atoms with Crippen molar-refractivity contribution in [3.05, 3.63) is 77.7 Å². The third-order valence-corrected chi connectivity index (χ3v) is 3.22. The van der Waals surface area contributed by atoms with Gasteiger partial charge in [-0.1, -0.05) is 47.3 Å². The lowest BCUT2D eigenvalue weighted by molar-refractivity contribution is 0.0950. The number of aromatic nitrogens is 1. The van der Waals surface area contributed by atoms with Crippen molar-refractivity contribution in [1.29, 1.82) is 0 Å². The summed E-state index contributed by atoms with van der Waals surface area (Å²) >= 11 is 0. The number of carbonyl (C=O) groups is 1. The molecule has 3 rings (SSSR count). The van der Waals surface area contributed by atoms with Crippen LogP contribution in [0.5, 0.6) is 0 Å². The summed E-state index contributed by atoms with van der Waals surface area (Å²) in [6, 6.07) is 16.8. The van der Waals surface area contributed by atoms with Crippen LogP contribution in [0.1, 0.15) is 16.1 Å². The molecule has 3 aromatic rings. The Morgan fingerprint density at radius 3 is 2.62 bits per heavy atom. The molecule has 0 saturated heterocycles. The summed E-state index contributed by atoms with van der Waals surface area (Å²) in [5.74, 6) is 5.48. The summed E-state index contributed by atoms with van der Waals surface area (Å²) in [6.07, 6.45) is 0. The Morgan fingerprint density at radius 1 is 1.12 bits per heavy atom. The number of amides is 1. The maximum absolute atomic E-state index is 12.8. The summed E-state index contributed by atoms with van der Waals surface area (Å²) in [6.45, 7) is 0.156. The van der Waals surface area contributed by atoms with E-state index in [2.05, 4.69) is 22.3 Å². The molecule has 0 aliphatic carbocycles. The van der Waals surface area contributed by atoms with Gasteiger partial charge in [-0.2, -0.15) is 0 Å². The smallest absolute Gasteiger partial charge is 0.274 e. The largest absolute Gasteiger partial charge is 0.355 e. The minimum Gasteiger partial charge on any atom is -0.355 e.